The first-order valence-electron chi connectivity index (χ1n) is 3.49. The topological polar surface area (TPSA) is 21.3 Å². The fourth-order valence-electron chi connectivity index (χ4n) is 0.989. The van der Waals surface area contributed by atoms with Gasteiger partial charge in [0.25, 0.3) is 0 Å². The van der Waals surface area contributed by atoms with E-state index in [9.17, 15) is 0 Å². The van der Waals surface area contributed by atoms with Crippen molar-refractivity contribution in [3.05, 3.63) is 0 Å². The van der Waals surface area contributed by atoms with Crippen LogP contribution in [0.3, 0.4) is 0 Å². The molecule has 2 nitrogen and oxygen atoms in total. The van der Waals surface area contributed by atoms with Crippen molar-refractivity contribution < 1.29 is 4.74 Å². The number of ether oxygens (including phenoxy) is 1. The molecule has 0 bridgehead atoms. The smallest absolute Gasteiger partial charge is 0.0574 e. The molecule has 0 unspecified atom stereocenters. The quantitative estimate of drug-likeness (QED) is 0.447. The Morgan fingerprint density at radius 1 is 1.70 bits per heavy atom. The SMILES string of the molecule is C#CCNCC1(C)COC1. The standard InChI is InChI=1S/C8H13NO/c1-3-4-9-5-8(2)6-10-7-8/h1,9H,4-7H2,2H3. The minimum absolute atomic E-state index is 0.344. The van der Waals surface area contributed by atoms with E-state index in [-0.39, 0.29) is 0 Å². The molecule has 1 saturated heterocycles. The summed E-state index contributed by atoms with van der Waals surface area (Å²) >= 11 is 0. The van der Waals surface area contributed by atoms with Gasteiger partial charge in [0, 0.05) is 12.0 Å². The van der Waals surface area contributed by atoms with E-state index in [1.807, 2.05) is 0 Å². The van der Waals surface area contributed by atoms with E-state index < -0.39 is 0 Å². The molecule has 2 heteroatoms. The second kappa shape index (κ2) is 3.05. The van der Waals surface area contributed by atoms with E-state index in [1.54, 1.807) is 0 Å². The summed E-state index contributed by atoms with van der Waals surface area (Å²) in [5.41, 5.74) is 0.344. The molecule has 1 heterocycles. The molecule has 0 saturated carbocycles. The van der Waals surface area contributed by atoms with Gasteiger partial charge in [-0.05, 0) is 0 Å². The number of nitrogens with one attached hydrogen (secondary N) is 1. The van der Waals surface area contributed by atoms with Gasteiger partial charge in [0.1, 0.15) is 0 Å². The Bertz CT molecular complexity index is 144. The Labute approximate surface area is 62.0 Å². The minimum atomic E-state index is 0.344. The van der Waals surface area contributed by atoms with Crippen LogP contribution >= 0.6 is 0 Å². The Kier molecular flexibility index (Phi) is 2.31. The fraction of sp³-hybridized carbons (Fsp3) is 0.750. The van der Waals surface area contributed by atoms with Crippen LogP contribution in [0.4, 0.5) is 0 Å². The highest BCUT2D eigenvalue weighted by atomic mass is 16.5. The maximum atomic E-state index is 5.08. The van der Waals surface area contributed by atoms with Gasteiger partial charge in [0.15, 0.2) is 0 Å². The molecule has 0 spiro atoms. The van der Waals surface area contributed by atoms with Crippen LogP contribution in [-0.4, -0.2) is 26.3 Å². The Morgan fingerprint density at radius 2 is 2.40 bits per heavy atom. The molecule has 0 aromatic carbocycles. The summed E-state index contributed by atoms with van der Waals surface area (Å²) in [5, 5.41) is 3.16. The monoisotopic (exact) mass is 139 g/mol. The lowest BCUT2D eigenvalue weighted by Crippen LogP contribution is -2.47. The predicted molar refractivity (Wildman–Crippen MR) is 40.6 cm³/mol. The predicted octanol–water partition coefficient (Wildman–Crippen LogP) is 0.246. The third kappa shape index (κ3) is 1.73. The second-order valence-corrected chi connectivity index (χ2v) is 3.11. The Morgan fingerprint density at radius 3 is 2.80 bits per heavy atom. The average molecular weight is 139 g/mol. The van der Waals surface area contributed by atoms with Gasteiger partial charge in [-0.15, -0.1) is 6.42 Å². The van der Waals surface area contributed by atoms with E-state index >= 15 is 0 Å². The summed E-state index contributed by atoms with van der Waals surface area (Å²) in [6, 6.07) is 0. The van der Waals surface area contributed by atoms with Gasteiger partial charge in [0.2, 0.25) is 0 Å². The summed E-state index contributed by atoms with van der Waals surface area (Å²) in [5.74, 6) is 2.54. The third-order valence-corrected chi connectivity index (χ3v) is 1.68. The number of hydrogen-bond donors (Lipinski definition) is 1. The fourth-order valence-corrected chi connectivity index (χ4v) is 0.989. The molecule has 0 radical (unpaired) electrons. The molecule has 0 aromatic rings. The van der Waals surface area contributed by atoms with Crippen LogP contribution in [0.2, 0.25) is 0 Å². The number of terminal acetylenes is 1. The van der Waals surface area contributed by atoms with Crippen LogP contribution in [0.1, 0.15) is 6.92 Å². The first kappa shape index (κ1) is 7.59. The van der Waals surface area contributed by atoms with Gasteiger partial charge < -0.3 is 10.1 Å². The highest BCUT2D eigenvalue weighted by Crippen LogP contribution is 2.24. The summed E-state index contributed by atoms with van der Waals surface area (Å²) in [6.07, 6.45) is 5.07. The molecular weight excluding hydrogens is 126 g/mol. The molecule has 1 N–H and O–H groups in total. The van der Waals surface area contributed by atoms with E-state index in [4.69, 9.17) is 11.2 Å². The highest BCUT2D eigenvalue weighted by molar-refractivity contribution is 4.89. The molecule has 0 aromatic heterocycles. The molecular formula is C8H13NO. The molecule has 0 amide bonds. The van der Waals surface area contributed by atoms with Crippen LogP contribution in [0.25, 0.3) is 0 Å². The summed E-state index contributed by atoms with van der Waals surface area (Å²) in [6.45, 7) is 5.56. The molecule has 0 aliphatic carbocycles. The molecule has 1 rings (SSSR count). The van der Waals surface area contributed by atoms with E-state index in [0.29, 0.717) is 12.0 Å². The average Bonchev–Trinajstić information content (AvgIpc) is 1.85. The zero-order chi connectivity index (χ0) is 7.45. The lowest BCUT2D eigenvalue weighted by Gasteiger charge is -2.38. The van der Waals surface area contributed by atoms with Crippen LogP contribution in [0.15, 0.2) is 0 Å². The van der Waals surface area contributed by atoms with Crippen LogP contribution < -0.4 is 5.32 Å². The Hall–Kier alpha value is -0.520. The van der Waals surface area contributed by atoms with Crippen LogP contribution in [0, 0.1) is 17.8 Å². The van der Waals surface area contributed by atoms with Crippen molar-refractivity contribution in [3.8, 4) is 12.3 Å². The van der Waals surface area contributed by atoms with Crippen molar-refractivity contribution in [1.29, 1.82) is 0 Å². The maximum absolute atomic E-state index is 5.08. The van der Waals surface area contributed by atoms with E-state index in [1.165, 1.54) is 0 Å². The molecule has 10 heavy (non-hydrogen) atoms. The zero-order valence-electron chi connectivity index (χ0n) is 6.31. The van der Waals surface area contributed by atoms with Crippen molar-refractivity contribution in [1.82, 2.24) is 5.32 Å². The minimum Gasteiger partial charge on any atom is -0.380 e. The van der Waals surface area contributed by atoms with Crippen LogP contribution in [0.5, 0.6) is 0 Å². The first-order chi connectivity index (χ1) is 4.77. The molecule has 0 atom stereocenters. The Balaban J connectivity index is 2.07. The largest absolute Gasteiger partial charge is 0.380 e. The molecule has 1 aliphatic rings. The van der Waals surface area contributed by atoms with Gasteiger partial charge in [-0.1, -0.05) is 12.8 Å². The van der Waals surface area contributed by atoms with Gasteiger partial charge in [0.05, 0.1) is 19.8 Å². The van der Waals surface area contributed by atoms with E-state index in [2.05, 4.69) is 18.2 Å². The lowest BCUT2D eigenvalue weighted by molar-refractivity contribution is -0.0985. The summed E-state index contributed by atoms with van der Waals surface area (Å²) in [4.78, 5) is 0. The van der Waals surface area contributed by atoms with Crippen molar-refractivity contribution in [2.24, 2.45) is 5.41 Å². The number of rotatable bonds is 3. The number of hydrogen-bond acceptors (Lipinski definition) is 2. The van der Waals surface area contributed by atoms with Crippen LogP contribution in [-0.2, 0) is 4.74 Å². The molecule has 1 fully saturated rings. The second-order valence-electron chi connectivity index (χ2n) is 3.11. The lowest BCUT2D eigenvalue weighted by atomic mass is 9.89. The normalized spacial score (nSPS) is 21.2. The highest BCUT2D eigenvalue weighted by Gasteiger charge is 2.32. The van der Waals surface area contributed by atoms with Gasteiger partial charge in [-0.25, -0.2) is 0 Å². The third-order valence-electron chi connectivity index (χ3n) is 1.68. The molecule has 56 valence electrons. The van der Waals surface area contributed by atoms with Crippen molar-refractivity contribution in [3.63, 3.8) is 0 Å². The van der Waals surface area contributed by atoms with Gasteiger partial charge in [-0.3, -0.25) is 0 Å². The van der Waals surface area contributed by atoms with Crippen molar-refractivity contribution in [2.45, 2.75) is 6.92 Å². The first-order valence-corrected chi connectivity index (χ1v) is 3.49. The van der Waals surface area contributed by atoms with Gasteiger partial charge in [-0.2, -0.15) is 0 Å². The van der Waals surface area contributed by atoms with E-state index in [0.717, 1.165) is 19.8 Å². The summed E-state index contributed by atoms with van der Waals surface area (Å²) in [7, 11) is 0. The van der Waals surface area contributed by atoms with Crippen molar-refractivity contribution in [2.75, 3.05) is 26.3 Å². The molecule has 1 aliphatic heterocycles. The zero-order valence-corrected chi connectivity index (χ0v) is 6.31. The van der Waals surface area contributed by atoms with Crippen molar-refractivity contribution >= 4 is 0 Å². The summed E-state index contributed by atoms with van der Waals surface area (Å²) < 4.78 is 5.08. The van der Waals surface area contributed by atoms with Gasteiger partial charge >= 0.3 is 0 Å². The maximum Gasteiger partial charge on any atom is 0.0574 e.